The molecule has 2 fully saturated rings. The van der Waals surface area contributed by atoms with Crippen LogP contribution in [0.5, 0.6) is 0 Å². The van der Waals surface area contributed by atoms with Crippen LogP contribution in [0.15, 0.2) is 79.0 Å². The van der Waals surface area contributed by atoms with E-state index >= 15 is 0 Å². The number of rotatable bonds is 4. The molecule has 0 aromatic heterocycles. The number of halogens is 1. The lowest BCUT2D eigenvalue weighted by Crippen LogP contribution is -2.44. The first kappa shape index (κ1) is 21.8. The van der Waals surface area contributed by atoms with Gasteiger partial charge in [-0.3, -0.25) is 24.5 Å². The first-order chi connectivity index (χ1) is 17.4. The molecule has 3 heterocycles. The number of hydrogen-bond acceptors (Lipinski definition) is 6. The number of benzene rings is 3. The number of anilines is 1. The van der Waals surface area contributed by atoms with E-state index in [1.54, 1.807) is 11.1 Å². The van der Waals surface area contributed by atoms with Gasteiger partial charge in [0.25, 0.3) is 5.69 Å². The number of non-ortho nitro benzene ring substituents is 1. The van der Waals surface area contributed by atoms with Gasteiger partial charge in [0.05, 0.1) is 28.5 Å². The summed E-state index contributed by atoms with van der Waals surface area (Å²) in [5, 5.41) is 11.3. The predicted molar refractivity (Wildman–Crippen MR) is 127 cm³/mol. The number of Topliss-reactive ketones (excluding diaryl/α,β-unsaturated/α-hetero) is 1. The highest BCUT2D eigenvalue weighted by atomic mass is 19.1. The molecule has 178 valence electrons. The van der Waals surface area contributed by atoms with E-state index in [0.29, 0.717) is 0 Å². The van der Waals surface area contributed by atoms with Crippen LogP contribution in [0, 0.1) is 27.8 Å². The van der Waals surface area contributed by atoms with Crippen molar-refractivity contribution in [3.63, 3.8) is 0 Å². The van der Waals surface area contributed by atoms with Crippen LogP contribution in [-0.4, -0.2) is 33.5 Å². The molecule has 0 bridgehead atoms. The minimum absolute atomic E-state index is 0.0846. The van der Waals surface area contributed by atoms with Crippen molar-refractivity contribution in [2.45, 2.75) is 12.1 Å². The molecule has 0 aliphatic carbocycles. The number of carbonyl (C=O) groups excluding carboxylic acids is 3. The Kier molecular flexibility index (Phi) is 4.82. The fourth-order valence-corrected chi connectivity index (χ4v) is 5.65. The number of imide groups is 1. The highest BCUT2D eigenvalue weighted by molar-refractivity contribution is 6.24. The van der Waals surface area contributed by atoms with Crippen molar-refractivity contribution in [3.05, 3.63) is 112 Å². The molecule has 6 rings (SSSR count). The van der Waals surface area contributed by atoms with Crippen LogP contribution < -0.4 is 4.90 Å². The maximum absolute atomic E-state index is 13.8. The summed E-state index contributed by atoms with van der Waals surface area (Å²) in [5.41, 5.74) is 1.76. The van der Waals surface area contributed by atoms with E-state index < -0.39 is 52.3 Å². The van der Waals surface area contributed by atoms with Crippen molar-refractivity contribution >= 4 is 35.0 Å². The van der Waals surface area contributed by atoms with Crippen LogP contribution in [0.1, 0.15) is 27.5 Å². The van der Waals surface area contributed by atoms with Gasteiger partial charge in [0.15, 0.2) is 5.78 Å². The molecule has 3 aromatic carbocycles. The molecule has 9 heteroatoms. The summed E-state index contributed by atoms with van der Waals surface area (Å²) in [5.74, 6) is -3.89. The Hall–Kier alpha value is -4.66. The van der Waals surface area contributed by atoms with Gasteiger partial charge in [0.2, 0.25) is 11.8 Å². The quantitative estimate of drug-likeness (QED) is 0.239. The third kappa shape index (κ3) is 3.09. The lowest BCUT2D eigenvalue weighted by molar-refractivity contribution is -0.384. The molecule has 3 aromatic rings. The van der Waals surface area contributed by atoms with Gasteiger partial charge in [-0.1, -0.05) is 36.4 Å². The van der Waals surface area contributed by atoms with Crippen LogP contribution in [0.25, 0.3) is 6.08 Å². The van der Waals surface area contributed by atoms with E-state index in [4.69, 9.17) is 0 Å². The summed E-state index contributed by atoms with van der Waals surface area (Å²) in [7, 11) is 0. The molecule has 3 aliphatic rings. The largest absolute Gasteiger partial charge is 0.358 e. The normalized spacial score (nSPS) is 23.9. The first-order valence-corrected chi connectivity index (χ1v) is 11.3. The Morgan fingerprint density at radius 1 is 0.917 bits per heavy atom. The van der Waals surface area contributed by atoms with Crippen molar-refractivity contribution in [2.24, 2.45) is 11.8 Å². The molecular formula is C27H18FN3O5. The van der Waals surface area contributed by atoms with E-state index in [1.807, 2.05) is 30.3 Å². The van der Waals surface area contributed by atoms with E-state index in [1.165, 1.54) is 48.5 Å². The van der Waals surface area contributed by atoms with Crippen molar-refractivity contribution in [2.75, 3.05) is 4.90 Å². The van der Waals surface area contributed by atoms with Gasteiger partial charge in [-0.25, -0.2) is 9.29 Å². The monoisotopic (exact) mass is 483 g/mol. The standard InChI is InChI=1S/C27H18FN3O5/c28-17-8-10-18(11-9-17)30-26(33)21-22(27(30)34)24(25(32)16-5-3-6-19(14-16)31(35)36)29-13-12-15-4-1-2-7-20(15)23(21)29/h1-14,21-24H/t21-,22+,23?,24-/m0/s1. The molecule has 4 atom stereocenters. The zero-order valence-electron chi connectivity index (χ0n) is 18.7. The third-order valence-electron chi connectivity index (χ3n) is 7.16. The van der Waals surface area contributed by atoms with E-state index in [0.717, 1.165) is 16.0 Å². The molecule has 2 saturated heterocycles. The molecule has 0 N–H and O–H groups in total. The number of nitrogens with zero attached hydrogens (tertiary/aromatic N) is 3. The van der Waals surface area contributed by atoms with Crippen molar-refractivity contribution in [3.8, 4) is 0 Å². The van der Waals surface area contributed by atoms with E-state index in [2.05, 4.69) is 0 Å². The number of nitro groups is 1. The summed E-state index contributed by atoms with van der Waals surface area (Å²) in [6.07, 6.45) is 3.54. The third-order valence-corrected chi connectivity index (χ3v) is 7.16. The summed E-state index contributed by atoms with van der Waals surface area (Å²) in [4.78, 5) is 54.8. The molecule has 0 radical (unpaired) electrons. The van der Waals surface area contributed by atoms with E-state index in [-0.39, 0.29) is 16.9 Å². The number of hydrogen-bond donors (Lipinski definition) is 0. The second kappa shape index (κ2) is 7.94. The van der Waals surface area contributed by atoms with Gasteiger partial charge < -0.3 is 4.90 Å². The summed E-state index contributed by atoms with van der Waals surface area (Å²) >= 11 is 0. The summed E-state index contributed by atoms with van der Waals surface area (Å²) < 4.78 is 13.5. The highest BCUT2D eigenvalue weighted by Gasteiger charge is 2.64. The number of amides is 2. The lowest BCUT2D eigenvalue weighted by atomic mass is 9.83. The van der Waals surface area contributed by atoms with Crippen LogP contribution in [-0.2, 0) is 9.59 Å². The molecular weight excluding hydrogens is 465 g/mol. The van der Waals surface area contributed by atoms with Gasteiger partial charge in [-0.05, 0) is 41.5 Å². The van der Waals surface area contributed by atoms with Gasteiger partial charge in [-0.15, -0.1) is 0 Å². The van der Waals surface area contributed by atoms with Crippen LogP contribution in [0.4, 0.5) is 15.8 Å². The summed E-state index contributed by atoms with van der Waals surface area (Å²) in [6.45, 7) is 0. The average molecular weight is 483 g/mol. The molecule has 3 aliphatic heterocycles. The number of ketones is 1. The Balaban J connectivity index is 1.49. The SMILES string of the molecule is O=C(c1cccc([N+](=O)[O-])c1)[C@@H]1[C@@H]2C(=O)N(c3ccc(F)cc3)C(=O)[C@@H]2C2c3ccccc3C=CN21. The van der Waals surface area contributed by atoms with Crippen molar-refractivity contribution < 1.29 is 23.7 Å². The molecule has 0 spiro atoms. The smallest absolute Gasteiger partial charge is 0.270 e. The maximum Gasteiger partial charge on any atom is 0.270 e. The zero-order chi connectivity index (χ0) is 25.1. The van der Waals surface area contributed by atoms with Crippen LogP contribution >= 0.6 is 0 Å². The second-order valence-corrected chi connectivity index (χ2v) is 8.99. The minimum Gasteiger partial charge on any atom is -0.358 e. The second-order valence-electron chi connectivity index (χ2n) is 8.99. The average Bonchev–Trinajstić information content (AvgIpc) is 3.37. The highest BCUT2D eigenvalue weighted by Crippen LogP contribution is 2.53. The fourth-order valence-electron chi connectivity index (χ4n) is 5.65. The van der Waals surface area contributed by atoms with Gasteiger partial charge in [0.1, 0.15) is 11.9 Å². The Morgan fingerprint density at radius 2 is 1.64 bits per heavy atom. The molecule has 2 amide bonds. The number of carbonyl (C=O) groups is 3. The van der Waals surface area contributed by atoms with Gasteiger partial charge in [-0.2, -0.15) is 0 Å². The van der Waals surface area contributed by atoms with Crippen molar-refractivity contribution in [1.29, 1.82) is 0 Å². The minimum atomic E-state index is -1.05. The fraction of sp³-hybridized carbons (Fsp3) is 0.148. The molecule has 0 saturated carbocycles. The molecule has 36 heavy (non-hydrogen) atoms. The Bertz CT molecular complexity index is 1480. The van der Waals surface area contributed by atoms with Crippen LogP contribution in [0.2, 0.25) is 0 Å². The van der Waals surface area contributed by atoms with E-state index in [9.17, 15) is 28.9 Å². The maximum atomic E-state index is 13.8. The van der Waals surface area contributed by atoms with Crippen molar-refractivity contribution in [1.82, 2.24) is 4.90 Å². The number of fused-ring (bicyclic) bond motifs is 5. The predicted octanol–water partition coefficient (Wildman–Crippen LogP) is 4.13. The number of nitro benzene ring substituents is 1. The Labute approximate surface area is 204 Å². The topological polar surface area (TPSA) is 101 Å². The molecule has 1 unspecified atom stereocenters. The van der Waals surface area contributed by atoms with Crippen LogP contribution in [0.3, 0.4) is 0 Å². The summed E-state index contributed by atoms with van der Waals surface area (Å²) in [6, 6.07) is 16.2. The first-order valence-electron chi connectivity index (χ1n) is 11.3. The molecule has 8 nitrogen and oxygen atoms in total. The van der Waals surface area contributed by atoms with Gasteiger partial charge >= 0.3 is 0 Å². The lowest BCUT2D eigenvalue weighted by Gasteiger charge is -2.35. The zero-order valence-corrected chi connectivity index (χ0v) is 18.7. The Morgan fingerprint density at radius 3 is 2.39 bits per heavy atom. The van der Waals surface area contributed by atoms with Gasteiger partial charge in [0, 0.05) is 23.9 Å².